The van der Waals surface area contributed by atoms with Gasteiger partial charge in [0.25, 0.3) is 0 Å². The van der Waals surface area contributed by atoms with Crippen molar-refractivity contribution in [2.75, 3.05) is 11.9 Å². The molecule has 0 aliphatic rings. The summed E-state index contributed by atoms with van der Waals surface area (Å²) in [4.78, 5) is 4.07. The standard InChI is InChI=1S/C14H14F2N2/c1-2-7-17-10-6-8-18-13(9-10)11-4-3-5-12(15)14(11)16/h3-6,8-9H,2,7H2,1H3,(H,17,18). The lowest BCUT2D eigenvalue weighted by Gasteiger charge is -2.07. The van der Waals surface area contributed by atoms with Gasteiger partial charge in [-0.25, -0.2) is 8.78 Å². The second-order valence-corrected chi connectivity index (χ2v) is 3.96. The molecule has 2 rings (SSSR count). The summed E-state index contributed by atoms with van der Waals surface area (Å²) in [7, 11) is 0. The van der Waals surface area contributed by atoms with Gasteiger partial charge in [0.05, 0.1) is 5.69 Å². The van der Waals surface area contributed by atoms with Gasteiger partial charge >= 0.3 is 0 Å². The van der Waals surface area contributed by atoms with Crippen molar-refractivity contribution in [1.29, 1.82) is 0 Å². The second kappa shape index (κ2) is 5.58. The summed E-state index contributed by atoms with van der Waals surface area (Å²) >= 11 is 0. The maximum atomic E-state index is 13.6. The minimum Gasteiger partial charge on any atom is -0.385 e. The van der Waals surface area contributed by atoms with Gasteiger partial charge in [0.15, 0.2) is 11.6 Å². The van der Waals surface area contributed by atoms with E-state index in [0.29, 0.717) is 5.69 Å². The van der Waals surface area contributed by atoms with Crippen LogP contribution in [0.3, 0.4) is 0 Å². The molecule has 0 radical (unpaired) electrons. The molecule has 0 spiro atoms. The summed E-state index contributed by atoms with van der Waals surface area (Å²) in [5.74, 6) is -1.72. The quantitative estimate of drug-likeness (QED) is 0.889. The molecule has 0 aliphatic carbocycles. The highest BCUT2D eigenvalue weighted by Crippen LogP contribution is 2.24. The van der Waals surface area contributed by atoms with E-state index in [1.165, 1.54) is 12.1 Å². The summed E-state index contributed by atoms with van der Waals surface area (Å²) in [6.07, 6.45) is 2.57. The molecular weight excluding hydrogens is 234 g/mol. The van der Waals surface area contributed by atoms with E-state index in [1.807, 2.05) is 0 Å². The zero-order valence-corrected chi connectivity index (χ0v) is 10.1. The maximum absolute atomic E-state index is 13.6. The number of nitrogens with zero attached hydrogens (tertiary/aromatic N) is 1. The molecule has 4 heteroatoms. The van der Waals surface area contributed by atoms with Crippen molar-refractivity contribution >= 4 is 5.69 Å². The van der Waals surface area contributed by atoms with Gasteiger partial charge in [-0.2, -0.15) is 0 Å². The van der Waals surface area contributed by atoms with Crippen molar-refractivity contribution in [3.8, 4) is 11.3 Å². The fourth-order valence-corrected chi connectivity index (χ4v) is 1.66. The van der Waals surface area contributed by atoms with E-state index >= 15 is 0 Å². The van der Waals surface area contributed by atoms with Crippen LogP contribution in [-0.4, -0.2) is 11.5 Å². The topological polar surface area (TPSA) is 24.9 Å². The Bertz CT molecular complexity index is 541. The van der Waals surface area contributed by atoms with Gasteiger partial charge in [-0.3, -0.25) is 4.98 Å². The van der Waals surface area contributed by atoms with Crippen LogP contribution in [0.15, 0.2) is 36.5 Å². The fourth-order valence-electron chi connectivity index (χ4n) is 1.66. The molecule has 0 bridgehead atoms. The van der Waals surface area contributed by atoms with E-state index in [2.05, 4.69) is 17.2 Å². The van der Waals surface area contributed by atoms with Crippen molar-refractivity contribution in [1.82, 2.24) is 4.98 Å². The van der Waals surface area contributed by atoms with E-state index in [4.69, 9.17) is 0 Å². The summed E-state index contributed by atoms with van der Waals surface area (Å²) < 4.78 is 26.8. The van der Waals surface area contributed by atoms with E-state index in [1.54, 1.807) is 18.3 Å². The SMILES string of the molecule is CCCNc1ccnc(-c2cccc(F)c2F)c1. The molecule has 0 fully saturated rings. The third kappa shape index (κ3) is 2.64. The van der Waals surface area contributed by atoms with Crippen LogP contribution in [0.5, 0.6) is 0 Å². The molecule has 1 N–H and O–H groups in total. The van der Waals surface area contributed by atoms with E-state index < -0.39 is 11.6 Å². The molecule has 0 saturated heterocycles. The highest BCUT2D eigenvalue weighted by atomic mass is 19.2. The molecule has 0 saturated carbocycles. The van der Waals surface area contributed by atoms with Crippen LogP contribution < -0.4 is 5.32 Å². The Morgan fingerprint density at radius 2 is 2.06 bits per heavy atom. The molecule has 2 aromatic rings. The number of nitrogens with one attached hydrogen (secondary N) is 1. The van der Waals surface area contributed by atoms with Crippen LogP contribution in [0, 0.1) is 11.6 Å². The molecule has 0 amide bonds. The number of rotatable bonds is 4. The Labute approximate surface area is 105 Å². The third-order valence-corrected chi connectivity index (χ3v) is 2.57. The molecule has 1 heterocycles. The minimum absolute atomic E-state index is 0.176. The molecule has 1 aromatic carbocycles. The molecule has 0 aliphatic heterocycles. The normalized spacial score (nSPS) is 10.4. The van der Waals surface area contributed by atoms with Crippen molar-refractivity contribution in [3.63, 3.8) is 0 Å². The highest BCUT2D eigenvalue weighted by Gasteiger charge is 2.10. The van der Waals surface area contributed by atoms with E-state index in [-0.39, 0.29) is 5.56 Å². The van der Waals surface area contributed by atoms with Gasteiger partial charge < -0.3 is 5.32 Å². The molecule has 2 nitrogen and oxygen atoms in total. The summed E-state index contributed by atoms with van der Waals surface area (Å²) in [5, 5.41) is 3.18. The average Bonchev–Trinajstić information content (AvgIpc) is 2.40. The summed E-state index contributed by atoms with van der Waals surface area (Å²) in [6, 6.07) is 7.60. The highest BCUT2D eigenvalue weighted by molar-refractivity contribution is 5.64. The van der Waals surface area contributed by atoms with Crippen LogP contribution in [-0.2, 0) is 0 Å². The van der Waals surface area contributed by atoms with Crippen LogP contribution in [0.25, 0.3) is 11.3 Å². The molecule has 18 heavy (non-hydrogen) atoms. The zero-order valence-electron chi connectivity index (χ0n) is 10.1. The lowest BCUT2D eigenvalue weighted by Crippen LogP contribution is -2.00. The van der Waals surface area contributed by atoms with Crippen LogP contribution in [0.4, 0.5) is 14.5 Å². The smallest absolute Gasteiger partial charge is 0.168 e. The summed E-state index contributed by atoms with van der Waals surface area (Å²) in [5.41, 5.74) is 1.45. The number of halogens is 2. The van der Waals surface area contributed by atoms with Gasteiger partial charge in [-0.15, -0.1) is 0 Å². The predicted molar refractivity (Wildman–Crippen MR) is 68.4 cm³/mol. The number of aromatic nitrogens is 1. The molecule has 94 valence electrons. The van der Waals surface area contributed by atoms with Crippen molar-refractivity contribution in [2.24, 2.45) is 0 Å². The van der Waals surface area contributed by atoms with Crippen molar-refractivity contribution in [3.05, 3.63) is 48.2 Å². The first-order valence-corrected chi connectivity index (χ1v) is 5.86. The van der Waals surface area contributed by atoms with Crippen LogP contribution >= 0.6 is 0 Å². The van der Waals surface area contributed by atoms with Crippen molar-refractivity contribution in [2.45, 2.75) is 13.3 Å². The first-order valence-electron chi connectivity index (χ1n) is 5.86. The first kappa shape index (κ1) is 12.5. The number of hydrogen-bond acceptors (Lipinski definition) is 2. The first-order chi connectivity index (χ1) is 8.72. The van der Waals surface area contributed by atoms with Crippen LogP contribution in [0.1, 0.15) is 13.3 Å². The Morgan fingerprint density at radius 1 is 1.22 bits per heavy atom. The summed E-state index contributed by atoms with van der Waals surface area (Å²) in [6.45, 7) is 2.89. The van der Waals surface area contributed by atoms with E-state index in [9.17, 15) is 8.78 Å². The monoisotopic (exact) mass is 248 g/mol. The number of hydrogen-bond donors (Lipinski definition) is 1. The largest absolute Gasteiger partial charge is 0.385 e. The van der Waals surface area contributed by atoms with Crippen LogP contribution in [0.2, 0.25) is 0 Å². The van der Waals surface area contributed by atoms with Gasteiger partial charge in [-0.1, -0.05) is 13.0 Å². The predicted octanol–water partition coefficient (Wildman–Crippen LogP) is 3.85. The Kier molecular flexibility index (Phi) is 3.87. The number of benzene rings is 1. The van der Waals surface area contributed by atoms with Crippen molar-refractivity contribution < 1.29 is 8.78 Å². The Balaban J connectivity index is 2.35. The molecule has 0 unspecified atom stereocenters. The van der Waals surface area contributed by atoms with E-state index in [0.717, 1.165) is 24.7 Å². The lowest BCUT2D eigenvalue weighted by molar-refractivity contribution is 0.511. The Morgan fingerprint density at radius 3 is 2.83 bits per heavy atom. The zero-order chi connectivity index (χ0) is 13.0. The lowest BCUT2D eigenvalue weighted by atomic mass is 10.1. The molecule has 0 atom stereocenters. The average molecular weight is 248 g/mol. The fraction of sp³-hybridized carbons (Fsp3) is 0.214. The van der Waals surface area contributed by atoms with Gasteiger partial charge in [0, 0.05) is 24.0 Å². The number of anilines is 1. The van der Waals surface area contributed by atoms with Gasteiger partial charge in [-0.05, 0) is 30.7 Å². The minimum atomic E-state index is -0.863. The van der Waals surface area contributed by atoms with Gasteiger partial charge in [0.2, 0.25) is 0 Å². The molecule has 1 aromatic heterocycles. The van der Waals surface area contributed by atoms with Gasteiger partial charge in [0.1, 0.15) is 0 Å². The Hall–Kier alpha value is -1.97. The molecular formula is C14H14F2N2. The maximum Gasteiger partial charge on any atom is 0.168 e. The third-order valence-electron chi connectivity index (χ3n) is 2.57. The number of pyridine rings is 1. The second-order valence-electron chi connectivity index (χ2n) is 3.96.